The van der Waals surface area contributed by atoms with E-state index < -0.39 is 0 Å². The maximum absolute atomic E-state index is 12.1. The summed E-state index contributed by atoms with van der Waals surface area (Å²) >= 11 is 0. The Morgan fingerprint density at radius 1 is 1.24 bits per heavy atom. The predicted octanol–water partition coefficient (Wildman–Crippen LogP) is 1.90. The summed E-state index contributed by atoms with van der Waals surface area (Å²) in [7, 11) is 0. The minimum absolute atomic E-state index is 0.0380. The molecule has 0 aliphatic heterocycles. The number of rotatable bonds is 4. The molecule has 3 rings (SSSR count). The standard InChI is InChI=1S/C15H13N3O3/c19-13-8-11-4-2-1-3-10(11)7-12(13)15(20)16-6-5-14-17-9-18-21-14/h1-4,7-9,19H,5-6H2,(H,16,20). The number of carbonyl (C=O) groups is 1. The van der Waals surface area contributed by atoms with Gasteiger partial charge in [0.25, 0.3) is 5.91 Å². The predicted molar refractivity (Wildman–Crippen MR) is 75.9 cm³/mol. The van der Waals surface area contributed by atoms with Crippen LogP contribution in [0.15, 0.2) is 47.2 Å². The quantitative estimate of drug-likeness (QED) is 0.763. The van der Waals surface area contributed by atoms with Gasteiger partial charge in [-0.25, -0.2) is 0 Å². The van der Waals surface area contributed by atoms with E-state index in [9.17, 15) is 9.90 Å². The zero-order chi connectivity index (χ0) is 14.7. The van der Waals surface area contributed by atoms with Crippen molar-refractivity contribution in [2.24, 2.45) is 0 Å². The van der Waals surface area contributed by atoms with Crippen molar-refractivity contribution < 1.29 is 14.4 Å². The summed E-state index contributed by atoms with van der Waals surface area (Å²) < 4.78 is 4.84. The molecule has 1 aromatic heterocycles. The van der Waals surface area contributed by atoms with E-state index in [1.807, 2.05) is 24.3 Å². The monoisotopic (exact) mass is 283 g/mol. The molecule has 0 radical (unpaired) electrons. The number of phenols is 1. The van der Waals surface area contributed by atoms with Gasteiger partial charge in [-0.2, -0.15) is 4.98 Å². The summed E-state index contributed by atoms with van der Waals surface area (Å²) in [6.45, 7) is 0.354. The van der Waals surface area contributed by atoms with Crippen LogP contribution in [-0.4, -0.2) is 27.7 Å². The Labute approximate surface area is 120 Å². The summed E-state index contributed by atoms with van der Waals surface area (Å²) in [6, 6.07) is 10.8. The number of amides is 1. The lowest BCUT2D eigenvalue weighted by molar-refractivity contribution is 0.0951. The molecular weight excluding hydrogens is 270 g/mol. The highest BCUT2D eigenvalue weighted by Crippen LogP contribution is 2.24. The molecule has 0 saturated carbocycles. The molecule has 3 aromatic rings. The molecule has 0 aliphatic carbocycles. The summed E-state index contributed by atoms with van der Waals surface area (Å²) in [5.74, 6) is 0.0831. The lowest BCUT2D eigenvalue weighted by Gasteiger charge is -2.07. The number of phenolic OH excluding ortho intramolecular Hbond substituents is 1. The van der Waals surface area contributed by atoms with Gasteiger partial charge in [0.2, 0.25) is 5.89 Å². The van der Waals surface area contributed by atoms with E-state index >= 15 is 0 Å². The highest BCUT2D eigenvalue weighted by molar-refractivity contribution is 6.01. The number of hydrogen-bond donors (Lipinski definition) is 2. The zero-order valence-corrected chi connectivity index (χ0v) is 11.1. The van der Waals surface area contributed by atoms with Crippen molar-refractivity contribution in [1.82, 2.24) is 15.5 Å². The molecule has 0 saturated heterocycles. The Kier molecular flexibility index (Phi) is 3.51. The maximum atomic E-state index is 12.1. The van der Waals surface area contributed by atoms with Gasteiger partial charge in [-0.3, -0.25) is 4.79 Å². The van der Waals surface area contributed by atoms with Crippen LogP contribution >= 0.6 is 0 Å². The SMILES string of the molecule is O=C(NCCc1ncno1)c1cc2ccccc2cc1O. The first kappa shape index (κ1) is 13.1. The largest absolute Gasteiger partial charge is 0.507 e. The van der Waals surface area contributed by atoms with Crippen LogP contribution in [0.4, 0.5) is 0 Å². The number of carbonyl (C=O) groups excluding carboxylic acids is 1. The highest BCUT2D eigenvalue weighted by atomic mass is 16.5. The summed E-state index contributed by atoms with van der Waals surface area (Å²) in [4.78, 5) is 16.0. The van der Waals surface area contributed by atoms with Gasteiger partial charge in [0.15, 0.2) is 6.33 Å². The van der Waals surface area contributed by atoms with Crippen LogP contribution in [0.3, 0.4) is 0 Å². The summed E-state index contributed by atoms with van der Waals surface area (Å²) in [6.07, 6.45) is 1.76. The molecule has 6 nitrogen and oxygen atoms in total. The Bertz CT molecular complexity index is 769. The Balaban J connectivity index is 1.73. The Morgan fingerprint density at radius 3 is 2.71 bits per heavy atom. The number of fused-ring (bicyclic) bond motifs is 1. The second-order valence-corrected chi connectivity index (χ2v) is 4.56. The molecule has 106 valence electrons. The normalized spacial score (nSPS) is 10.7. The molecule has 1 amide bonds. The average Bonchev–Trinajstić information content (AvgIpc) is 2.99. The molecule has 0 bridgehead atoms. The highest BCUT2D eigenvalue weighted by Gasteiger charge is 2.12. The minimum atomic E-state index is -0.335. The van der Waals surface area contributed by atoms with Crippen molar-refractivity contribution >= 4 is 16.7 Å². The number of aromatic hydroxyl groups is 1. The van der Waals surface area contributed by atoms with Crippen molar-refractivity contribution in [1.29, 1.82) is 0 Å². The molecule has 0 fully saturated rings. The number of hydrogen-bond acceptors (Lipinski definition) is 5. The number of benzene rings is 2. The molecular formula is C15H13N3O3. The van der Waals surface area contributed by atoms with E-state index in [1.54, 1.807) is 12.1 Å². The maximum Gasteiger partial charge on any atom is 0.255 e. The molecule has 0 unspecified atom stereocenters. The second kappa shape index (κ2) is 5.62. The van der Waals surface area contributed by atoms with E-state index in [1.165, 1.54) is 6.33 Å². The van der Waals surface area contributed by atoms with Gasteiger partial charge in [-0.1, -0.05) is 29.4 Å². The Hall–Kier alpha value is -2.89. The third kappa shape index (κ3) is 2.84. The first-order valence-electron chi connectivity index (χ1n) is 6.49. The second-order valence-electron chi connectivity index (χ2n) is 4.56. The fraction of sp³-hybridized carbons (Fsp3) is 0.133. The number of nitrogens with one attached hydrogen (secondary N) is 1. The van der Waals surface area contributed by atoms with Crippen molar-refractivity contribution in [2.75, 3.05) is 6.54 Å². The Morgan fingerprint density at radius 2 is 2.00 bits per heavy atom. The van der Waals surface area contributed by atoms with Crippen LogP contribution in [0.25, 0.3) is 10.8 Å². The van der Waals surface area contributed by atoms with Crippen LogP contribution in [0.2, 0.25) is 0 Å². The summed E-state index contributed by atoms with van der Waals surface area (Å²) in [5.41, 5.74) is 0.249. The number of aromatic nitrogens is 2. The molecule has 2 N–H and O–H groups in total. The zero-order valence-electron chi connectivity index (χ0n) is 11.1. The number of nitrogens with zero attached hydrogens (tertiary/aromatic N) is 2. The molecule has 0 spiro atoms. The first-order valence-corrected chi connectivity index (χ1v) is 6.49. The molecule has 1 heterocycles. The fourth-order valence-corrected chi connectivity index (χ4v) is 2.09. The fourth-order valence-electron chi connectivity index (χ4n) is 2.09. The molecule has 2 aromatic carbocycles. The van der Waals surface area contributed by atoms with Crippen molar-refractivity contribution in [3.63, 3.8) is 0 Å². The average molecular weight is 283 g/mol. The van der Waals surface area contributed by atoms with E-state index in [0.717, 1.165) is 10.8 Å². The topological polar surface area (TPSA) is 88.3 Å². The van der Waals surface area contributed by atoms with Crippen molar-refractivity contribution in [3.05, 3.63) is 54.2 Å². The van der Waals surface area contributed by atoms with Crippen LogP contribution in [0.5, 0.6) is 5.75 Å². The van der Waals surface area contributed by atoms with Gasteiger partial charge in [-0.15, -0.1) is 0 Å². The third-order valence-electron chi connectivity index (χ3n) is 3.14. The molecule has 0 aliphatic rings. The molecule has 21 heavy (non-hydrogen) atoms. The van der Waals surface area contributed by atoms with Gasteiger partial charge in [0.1, 0.15) is 5.75 Å². The van der Waals surface area contributed by atoms with Gasteiger partial charge in [-0.05, 0) is 22.9 Å². The van der Waals surface area contributed by atoms with Gasteiger partial charge >= 0.3 is 0 Å². The third-order valence-corrected chi connectivity index (χ3v) is 3.14. The minimum Gasteiger partial charge on any atom is -0.507 e. The smallest absolute Gasteiger partial charge is 0.255 e. The van der Waals surface area contributed by atoms with E-state index in [0.29, 0.717) is 18.9 Å². The van der Waals surface area contributed by atoms with Gasteiger partial charge in [0, 0.05) is 13.0 Å². The first-order chi connectivity index (χ1) is 10.2. The van der Waals surface area contributed by atoms with Gasteiger partial charge in [0.05, 0.1) is 5.56 Å². The van der Waals surface area contributed by atoms with Crippen LogP contribution < -0.4 is 5.32 Å². The van der Waals surface area contributed by atoms with Crippen LogP contribution in [-0.2, 0) is 6.42 Å². The van der Waals surface area contributed by atoms with E-state index in [2.05, 4.69) is 15.5 Å². The van der Waals surface area contributed by atoms with E-state index in [-0.39, 0.29) is 17.2 Å². The van der Waals surface area contributed by atoms with Crippen molar-refractivity contribution in [3.8, 4) is 5.75 Å². The van der Waals surface area contributed by atoms with Gasteiger partial charge < -0.3 is 14.9 Å². The summed E-state index contributed by atoms with van der Waals surface area (Å²) in [5, 5.41) is 18.0. The molecule has 0 atom stereocenters. The molecule has 6 heteroatoms. The van der Waals surface area contributed by atoms with E-state index in [4.69, 9.17) is 4.52 Å². The lowest BCUT2D eigenvalue weighted by Crippen LogP contribution is -2.25. The lowest BCUT2D eigenvalue weighted by atomic mass is 10.1. The van der Waals surface area contributed by atoms with Crippen LogP contribution in [0.1, 0.15) is 16.2 Å². The van der Waals surface area contributed by atoms with Crippen LogP contribution in [0, 0.1) is 0 Å². The van der Waals surface area contributed by atoms with Crippen molar-refractivity contribution in [2.45, 2.75) is 6.42 Å².